The van der Waals surface area contributed by atoms with E-state index >= 15 is 0 Å². The summed E-state index contributed by atoms with van der Waals surface area (Å²) in [5, 5.41) is 24.1. The molecule has 26 heavy (non-hydrogen) atoms. The summed E-state index contributed by atoms with van der Waals surface area (Å²) in [5.74, 6) is 0.321. The Hall–Kier alpha value is -3.40. The van der Waals surface area contributed by atoms with Crippen molar-refractivity contribution in [3.63, 3.8) is 0 Å². The minimum absolute atomic E-state index is 0.125. The van der Waals surface area contributed by atoms with E-state index in [1.807, 2.05) is 12.1 Å². The predicted octanol–water partition coefficient (Wildman–Crippen LogP) is 4.29. The van der Waals surface area contributed by atoms with E-state index in [1.165, 1.54) is 45.8 Å². The number of hydrogen-bond acceptors (Lipinski definition) is 4. The largest absolute Gasteiger partial charge is 0.411 e. The van der Waals surface area contributed by atoms with Crippen molar-refractivity contribution in [2.75, 3.05) is 0 Å². The summed E-state index contributed by atoms with van der Waals surface area (Å²) in [6.45, 7) is 0. The second-order valence-corrected chi connectivity index (χ2v) is 6.76. The summed E-state index contributed by atoms with van der Waals surface area (Å²) in [7, 11) is 0. The van der Waals surface area contributed by atoms with Gasteiger partial charge in [-0.3, -0.25) is 0 Å². The van der Waals surface area contributed by atoms with E-state index in [0.717, 1.165) is 11.1 Å². The van der Waals surface area contributed by atoms with Crippen LogP contribution in [0.25, 0.3) is 0 Å². The molecule has 3 aromatic carbocycles. The van der Waals surface area contributed by atoms with Gasteiger partial charge in [0.15, 0.2) is 0 Å². The first-order chi connectivity index (χ1) is 12.8. The van der Waals surface area contributed by atoms with Gasteiger partial charge in [0.05, 0.1) is 12.4 Å². The van der Waals surface area contributed by atoms with Crippen molar-refractivity contribution in [2.24, 2.45) is 10.3 Å². The topological polar surface area (TPSA) is 65.2 Å². The normalized spacial score (nSPS) is 19.5. The molecule has 0 fully saturated rings. The summed E-state index contributed by atoms with van der Waals surface area (Å²) >= 11 is 0. The number of hydrogen-bond donors (Lipinski definition) is 2. The fourth-order valence-corrected chi connectivity index (χ4v) is 4.55. The Morgan fingerprint density at radius 1 is 0.577 bits per heavy atom. The Morgan fingerprint density at radius 3 is 1.46 bits per heavy atom. The van der Waals surface area contributed by atoms with Crippen LogP contribution in [0.2, 0.25) is 0 Å². The number of rotatable bonds is 2. The predicted molar refractivity (Wildman–Crippen MR) is 100.0 cm³/mol. The van der Waals surface area contributed by atoms with Gasteiger partial charge >= 0.3 is 0 Å². The van der Waals surface area contributed by atoms with Crippen LogP contribution in [0, 0.1) is 0 Å². The molecule has 0 heterocycles. The van der Waals surface area contributed by atoms with E-state index in [0.29, 0.717) is 0 Å². The summed E-state index contributed by atoms with van der Waals surface area (Å²) in [6.07, 6.45) is 2.93. The van der Waals surface area contributed by atoms with Crippen molar-refractivity contribution in [2.45, 2.75) is 11.8 Å². The lowest BCUT2D eigenvalue weighted by Gasteiger charge is -2.42. The van der Waals surface area contributed by atoms with E-state index in [2.05, 4.69) is 58.8 Å². The fraction of sp³-hybridized carbons (Fsp3) is 0.0909. The second kappa shape index (κ2) is 5.56. The molecule has 126 valence electrons. The molecule has 4 nitrogen and oxygen atoms in total. The molecule has 0 spiro atoms. The molecule has 0 aromatic heterocycles. The molecule has 0 atom stereocenters. The van der Waals surface area contributed by atoms with E-state index in [4.69, 9.17) is 10.4 Å². The fourth-order valence-electron chi connectivity index (χ4n) is 4.55. The molecule has 0 aliphatic heterocycles. The van der Waals surface area contributed by atoms with Crippen LogP contribution < -0.4 is 0 Å². The van der Waals surface area contributed by atoms with E-state index in [1.54, 1.807) is 0 Å². The maximum Gasteiger partial charge on any atom is 0.0733 e. The zero-order valence-electron chi connectivity index (χ0n) is 13.9. The van der Waals surface area contributed by atoms with Gasteiger partial charge < -0.3 is 10.4 Å². The minimum atomic E-state index is 0.125. The van der Waals surface area contributed by atoms with Crippen LogP contribution in [0.15, 0.2) is 71.0 Å². The number of oxime groups is 2. The van der Waals surface area contributed by atoms with Crippen LogP contribution in [0.3, 0.4) is 0 Å². The van der Waals surface area contributed by atoms with Gasteiger partial charge in [0.1, 0.15) is 0 Å². The molecule has 0 radical (unpaired) electrons. The molecule has 4 heteroatoms. The van der Waals surface area contributed by atoms with E-state index in [-0.39, 0.29) is 11.8 Å². The number of nitrogens with zero attached hydrogens (tertiary/aromatic N) is 2. The van der Waals surface area contributed by atoms with E-state index < -0.39 is 0 Å². The molecule has 3 aromatic rings. The van der Waals surface area contributed by atoms with Crippen LogP contribution in [0.5, 0.6) is 0 Å². The highest BCUT2D eigenvalue weighted by Crippen LogP contribution is 2.55. The molecule has 0 saturated heterocycles. The highest BCUT2D eigenvalue weighted by Gasteiger charge is 2.41. The SMILES string of the molecule is O/N=C/c1ccc2c(c1)C1c3ccccc3C2c2ccc(/C=N/O)cc21. The Balaban J connectivity index is 1.80. The minimum Gasteiger partial charge on any atom is -0.411 e. The summed E-state index contributed by atoms with van der Waals surface area (Å²) in [6, 6.07) is 21.1. The first-order valence-corrected chi connectivity index (χ1v) is 8.53. The van der Waals surface area contributed by atoms with Crippen LogP contribution in [0.4, 0.5) is 0 Å². The summed E-state index contributed by atoms with van der Waals surface area (Å²) in [4.78, 5) is 0. The number of benzene rings is 3. The van der Waals surface area contributed by atoms with Crippen molar-refractivity contribution >= 4 is 12.4 Å². The van der Waals surface area contributed by atoms with Gasteiger partial charge in [-0.2, -0.15) is 0 Å². The molecule has 2 N–H and O–H groups in total. The van der Waals surface area contributed by atoms with Gasteiger partial charge in [-0.1, -0.05) is 58.8 Å². The third-order valence-electron chi connectivity index (χ3n) is 5.50. The van der Waals surface area contributed by atoms with E-state index in [9.17, 15) is 0 Å². The Labute approximate surface area is 150 Å². The lowest BCUT2D eigenvalue weighted by molar-refractivity contribution is 0.321. The van der Waals surface area contributed by atoms with Crippen LogP contribution in [0.1, 0.15) is 56.3 Å². The van der Waals surface area contributed by atoms with Crippen molar-refractivity contribution in [3.05, 3.63) is 105 Å². The average Bonchev–Trinajstić information content (AvgIpc) is 2.68. The molecule has 0 saturated carbocycles. The highest BCUT2D eigenvalue weighted by molar-refractivity contribution is 5.83. The zero-order valence-corrected chi connectivity index (χ0v) is 13.9. The second-order valence-electron chi connectivity index (χ2n) is 6.76. The Bertz CT molecular complexity index is 1020. The molecule has 2 bridgehead atoms. The molecule has 6 rings (SSSR count). The van der Waals surface area contributed by atoms with Crippen molar-refractivity contribution in [1.29, 1.82) is 0 Å². The van der Waals surface area contributed by atoms with Crippen molar-refractivity contribution in [3.8, 4) is 0 Å². The quantitative estimate of drug-likeness (QED) is 0.286. The molecule has 0 amide bonds. The molecular formula is C22H16N2O2. The first kappa shape index (κ1) is 14.9. The zero-order chi connectivity index (χ0) is 17.7. The Morgan fingerprint density at radius 2 is 1.00 bits per heavy atom. The summed E-state index contributed by atoms with van der Waals surface area (Å²) in [5.41, 5.74) is 9.53. The van der Waals surface area contributed by atoms with Crippen molar-refractivity contribution in [1.82, 2.24) is 0 Å². The maximum absolute atomic E-state index is 8.90. The van der Waals surface area contributed by atoms with Crippen LogP contribution in [-0.2, 0) is 0 Å². The van der Waals surface area contributed by atoms with Crippen LogP contribution in [-0.4, -0.2) is 22.8 Å². The standard InChI is InChI=1S/C22H16N2O2/c25-23-11-13-5-7-17-19(9-13)22-16-4-2-1-3-15(16)21(17)18-8-6-14(12-24-26)10-20(18)22/h1-12,21-22,25-26H/b23-11+,24-12+. The first-order valence-electron chi connectivity index (χ1n) is 8.53. The molecule has 3 aliphatic rings. The monoisotopic (exact) mass is 340 g/mol. The van der Waals surface area contributed by atoms with Gasteiger partial charge in [0, 0.05) is 11.8 Å². The molecule has 3 aliphatic carbocycles. The lowest BCUT2D eigenvalue weighted by Crippen LogP contribution is -2.27. The Kier molecular flexibility index (Phi) is 3.19. The van der Waals surface area contributed by atoms with Gasteiger partial charge in [0.25, 0.3) is 0 Å². The smallest absolute Gasteiger partial charge is 0.0733 e. The molecular weight excluding hydrogens is 324 g/mol. The highest BCUT2D eigenvalue weighted by atomic mass is 16.4. The molecule has 0 unspecified atom stereocenters. The average molecular weight is 340 g/mol. The maximum atomic E-state index is 8.90. The van der Waals surface area contributed by atoms with Gasteiger partial charge in [-0.05, 0) is 56.6 Å². The van der Waals surface area contributed by atoms with Crippen molar-refractivity contribution < 1.29 is 10.4 Å². The third kappa shape index (κ3) is 1.96. The summed E-state index contributed by atoms with van der Waals surface area (Å²) < 4.78 is 0. The van der Waals surface area contributed by atoms with Gasteiger partial charge in [-0.15, -0.1) is 0 Å². The van der Waals surface area contributed by atoms with Gasteiger partial charge in [-0.25, -0.2) is 0 Å². The lowest BCUT2D eigenvalue weighted by atomic mass is 9.61. The van der Waals surface area contributed by atoms with Gasteiger partial charge in [0.2, 0.25) is 0 Å². The van der Waals surface area contributed by atoms with Crippen LogP contribution >= 0.6 is 0 Å². The third-order valence-corrected chi connectivity index (χ3v) is 5.50.